The lowest BCUT2D eigenvalue weighted by Gasteiger charge is -2.06. The van der Waals surface area contributed by atoms with E-state index >= 15 is 0 Å². The quantitative estimate of drug-likeness (QED) is 0.417. The zero-order valence-electron chi connectivity index (χ0n) is 13.0. The number of allylic oxidation sites excluding steroid dienone is 2. The number of aromatic nitrogens is 1. The molecule has 0 aliphatic carbocycles. The van der Waals surface area contributed by atoms with Crippen LogP contribution in [0.4, 0.5) is 19.2 Å². The lowest BCUT2D eigenvalue weighted by molar-refractivity contribution is -0.137. The molecule has 1 amide bonds. The molecule has 0 bridgehead atoms. The van der Waals surface area contributed by atoms with Crippen LogP contribution in [0.15, 0.2) is 58.6 Å². The second-order valence-electron chi connectivity index (χ2n) is 4.90. The molecule has 6 nitrogen and oxygen atoms in total. The number of hydrogen-bond acceptors (Lipinski definition) is 5. The standard InChI is InChI=1S/C16H14F3N3O3/c1-10(21-9-24)6-13(8-23)22-15-20-7-14(25-15)11-2-4-12(5-3-11)16(17,18)19/h2-9,23H,1H3,(H,20,22)(H,21,24)/b10-6-,13-8+. The first kappa shape index (κ1) is 18.1. The Balaban J connectivity index is 2.14. The van der Waals surface area contributed by atoms with Gasteiger partial charge in [-0.25, -0.2) is 4.98 Å². The number of benzene rings is 1. The first-order valence-corrected chi connectivity index (χ1v) is 6.97. The van der Waals surface area contributed by atoms with Gasteiger partial charge in [0.25, 0.3) is 6.01 Å². The maximum atomic E-state index is 12.6. The van der Waals surface area contributed by atoms with Crippen LogP contribution in [0, 0.1) is 0 Å². The third-order valence-electron chi connectivity index (χ3n) is 3.05. The van der Waals surface area contributed by atoms with E-state index in [4.69, 9.17) is 4.42 Å². The van der Waals surface area contributed by atoms with Gasteiger partial charge in [0.05, 0.1) is 17.5 Å². The fraction of sp³-hybridized carbons (Fsp3) is 0.125. The van der Waals surface area contributed by atoms with E-state index in [0.717, 1.165) is 18.4 Å². The van der Waals surface area contributed by atoms with E-state index in [0.29, 0.717) is 17.7 Å². The molecule has 0 aliphatic heterocycles. The van der Waals surface area contributed by atoms with Crippen LogP contribution in [-0.2, 0) is 11.0 Å². The molecule has 1 heterocycles. The van der Waals surface area contributed by atoms with Crippen LogP contribution in [0.3, 0.4) is 0 Å². The molecule has 9 heteroatoms. The summed E-state index contributed by atoms with van der Waals surface area (Å²) in [6.45, 7) is 1.60. The first-order chi connectivity index (χ1) is 11.8. The highest BCUT2D eigenvalue weighted by Gasteiger charge is 2.30. The Kier molecular flexibility index (Phi) is 5.48. The number of carbonyl (C=O) groups excluding carboxylic acids is 1. The van der Waals surface area contributed by atoms with Gasteiger partial charge >= 0.3 is 6.18 Å². The molecule has 0 saturated heterocycles. The molecule has 0 fully saturated rings. The molecule has 0 saturated carbocycles. The Bertz CT molecular complexity index is 793. The molecule has 3 N–H and O–H groups in total. The highest BCUT2D eigenvalue weighted by atomic mass is 19.4. The van der Waals surface area contributed by atoms with Gasteiger partial charge in [-0.1, -0.05) is 12.1 Å². The molecular weight excluding hydrogens is 339 g/mol. The van der Waals surface area contributed by atoms with E-state index in [1.807, 2.05) is 0 Å². The molecule has 0 atom stereocenters. The Labute approximate surface area is 140 Å². The number of carbonyl (C=O) groups is 1. The second-order valence-corrected chi connectivity index (χ2v) is 4.90. The van der Waals surface area contributed by atoms with Crippen molar-refractivity contribution in [1.82, 2.24) is 10.3 Å². The number of anilines is 1. The van der Waals surface area contributed by atoms with Gasteiger partial charge in [0, 0.05) is 11.3 Å². The normalized spacial score (nSPS) is 12.8. The van der Waals surface area contributed by atoms with Gasteiger partial charge in [-0.15, -0.1) is 0 Å². The Hall–Kier alpha value is -3.23. The largest absolute Gasteiger partial charge is 0.513 e. The molecule has 0 radical (unpaired) electrons. The predicted molar refractivity (Wildman–Crippen MR) is 84.2 cm³/mol. The van der Waals surface area contributed by atoms with Crippen molar-refractivity contribution >= 4 is 12.4 Å². The first-order valence-electron chi connectivity index (χ1n) is 6.97. The molecule has 2 rings (SSSR count). The van der Waals surface area contributed by atoms with E-state index in [1.54, 1.807) is 6.92 Å². The minimum Gasteiger partial charge on any atom is -0.513 e. The van der Waals surface area contributed by atoms with Gasteiger partial charge in [0.15, 0.2) is 5.76 Å². The lowest BCUT2D eigenvalue weighted by Crippen LogP contribution is -2.08. The number of nitrogens with one attached hydrogen (secondary N) is 2. The topological polar surface area (TPSA) is 87.4 Å². The molecule has 2 aromatic rings. The summed E-state index contributed by atoms with van der Waals surface area (Å²) in [7, 11) is 0. The van der Waals surface area contributed by atoms with Gasteiger partial charge in [0.1, 0.15) is 6.26 Å². The van der Waals surface area contributed by atoms with Crippen LogP contribution in [0.5, 0.6) is 0 Å². The number of rotatable bonds is 6. The summed E-state index contributed by atoms with van der Waals surface area (Å²) < 4.78 is 43.1. The summed E-state index contributed by atoms with van der Waals surface area (Å²) in [5, 5.41) is 14.2. The minimum atomic E-state index is -4.41. The van der Waals surface area contributed by atoms with E-state index in [1.165, 1.54) is 24.4 Å². The van der Waals surface area contributed by atoms with Crippen molar-refractivity contribution < 1.29 is 27.5 Å². The lowest BCUT2D eigenvalue weighted by atomic mass is 10.1. The summed E-state index contributed by atoms with van der Waals surface area (Å²) in [6, 6.07) is 4.45. The molecular formula is C16H14F3N3O3. The Morgan fingerprint density at radius 1 is 1.28 bits per heavy atom. The van der Waals surface area contributed by atoms with E-state index < -0.39 is 11.7 Å². The maximum Gasteiger partial charge on any atom is 0.416 e. The summed E-state index contributed by atoms with van der Waals surface area (Å²) in [6.07, 6.45) is -0.420. The van der Waals surface area contributed by atoms with Crippen molar-refractivity contribution in [3.63, 3.8) is 0 Å². The van der Waals surface area contributed by atoms with Crippen LogP contribution in [0.2, 0.25) is 0 Å². The van der Waals surface area contributed by atoms with Crippen molar-refractivity contribution in [3.8, 4) is 11.3 Å². The molecule has 0 aliphatic rings. The SMILES string of the molecule is C/C(=C/C(=C\O)Nc1ncc(-c2ccc(C(F)(F)F)cc2)o1)NC=O. The Morgan fingerprint density at radius 2 is 1.96 bits per heavy atom. The van der Waals surface area contributed by atoms with Crippen molar-refractivity contribution in [3.05, 3.63) is 59.8 Å². The summed E-state index contributed by atoms with van der Waals surface area (Å²) in [5.41, 5.74) is 0.297. The third-order valence-corrected chi connectivity index (χ3v) is 3.05. The van der Waals surface area contributed by atoms with Crippen LogP contribution in [-0.4, -0.2) is 16.5 Å². The predicted octanol–water partition coefficient (Wildman–Crippen LogP) is 3.82. The van der Waals surface area contributed by atoms with Gasteiger partial charge < -0.3 is 20.2 Å². The molecule has 0 spiro atoms. The monoisotopic (exact) mass is 353 g/mol. The number of halogens is 3. The van der Waals surface area contributed by atoms with Gasteiger partial charge in [-0.2, -0.15) is 13.2 Å². The van der Waals surface area contributed by atoms with Crippen molar-refractivity contribution in [2.75, 3.05) is 5.32 Å². The summed E-state index contributed by atoms with van der Waals surface area (Å²) >= 11 is 0. The smallest absolute Gasteiger partial charge is 0.416 e. The Morgan fingerprint density at radius 3 is 2.52 bits per heavy atom. The highest BCUT2D eigenvalue weighted by molar-refractivity contribution is 5.58. The maximum absolute atomic E-state index is 12.6. The number of alkyl halides is 3. The number of aliphatic hydroxyl groups excluding tert-OH is 1. The van der Waals surface area contributed by atoms with Gasteiger partial charge in [-0.05, 0) is 25.1 Å². The van der Waals surface area contributed by atoms with Crippen LogP contribution in [0.1, 0.15) is 12.5 Å². The van der Waals surface area contributed by atoms with Gasteiger partial charge in [0.2, 0.25) is 6.41 Å². The van der Waals surface area contributed by atoms with Crippen molar-refractivity contribution in [1.29, 1.82) is 0 Å². The summed E-state index contributed by atoms with van der Waals surface area (Å²) in [4.78, 5) is 14.3. The number of oxazole rings is 1. The average molecular weight is 353 g/mol. The van der Waals surface area contributed by atoms with Crippen LogP contribution >= 0.6 is 0 Å². The van der Waals surface area contributed by atoms with Crippen molar-refractivity contribution in [2.45, 2.75) is 13.1 Å². The molecule has 0 unspecified atom stereocenters. The zero-order valence-corrected chi connectivity index (χ0v) is 13.0. The number of hydrogen-bond donors (Lipinski definition) is 3. The fourth-order valence-corrected chi connectivity index (χ4v) is 1.89. The number of aliphatic hydroxyl groups is 1. The zero-order chi connectivity index (χ0) is 18.4. The van der Waals surface area contributed by atoms with E-state index in [-0.39, 0.29) is 17.5 Å². The highest BCUT2D eigenvalue weighted by Crippen LogP contribution is 2.31. The third kappa shape index (κ3) is 4.87. The molecule has 132 valence electrons. The summed E-state index contributed by atoms with van der Waals surface area (Å²) in [5.74, 6) is 0.250. The fourth-order valence-electron chi connectivity index (χ4n) is 1.89. The molecule has 25 heavy (non-hydrogen) atoms. The van der Waals surface area contributed by atoms with Crippen LogP contribution in [0.25, 0.3) is 11.3 Å². The van der Waals surface area contributed by atoms with Crippen LogP contribution < -0.4 is 10.6 Å². The van der Waals surface area contributed by atoms with E-state index in [9.17, 15) is 23.1 Å². The number of nitrogens with zero attached hydrogens (tertiary/aromatic N) is 1. The number of amides is 1. The second kappa shape index (κ2) is 7.56. The average Bonchev–Trinajstić information content (AvgIpc) is 3.02. The van der Waals surface area contributed by atoms with E-state index in [2.05, 4.69) is 15.6 Å². The molecule has 1 aromatic carbocycles. The minimum absolute atomic E-state index is 0.0188. The van der Waals surface area contributed by atoms with Gasteiger partial charge in [-0.3, -0.25) is 4.79 Å². The molecule has 1 aromatic heterocycles. The van der Waals surface area contributed by atoms with Crippen molar-refractivity contribution in [2.24, 2.45) is 0 Å².